The van der Waals surface area contributed by atoms with E-state index in [4.69, 9.17) is 4.74 Å². The Bertz CT molecular complexity index is 542. The largest absolute Gasteiger partial charge is 0.494 e. The molecule has 5 heteroatoms. The number of Topliss-reactive ketones (excluding diaryl/α,β-unsaturated/α-hetero) is 1. The standard InChI is InChI=1S/C18H26N2O3/c1-4-23-16-7-5-15(6-8-16)17(21)9-10-18(22)20-12-11-19-13(2)14(20)3/h5-8,13-14,19H,4,9-12H2,1-3H3. The normalized spacial score (nSPS) is 21.1. The molecule has 1 saturated heterocycles. The fourth-order valence-corrected chi connectivity index (χ4v) is 2.82. The summed E-state index contributed by atoms with van der Waals surface area (Å²) in [6, 6.07) is 7.55. The predicted octanol–water partition coefficient (Wildman–Crippen LogP) is 2.26. The van der Waals surface area contributed by atoms with Crippen LogP contribution in [0.25, 0.3) is 0 Å². The second-order valence-corrected chi connectivity index (χ2v) is 5.95. The molecule has 2 atom stereocenters. The van der Waals surface area contributed by atoms with Crippen LogP contribution in [0.5, 0.6) is 5.75 Å². The van der Waals surface area contributed by atoms with E-state index in [1.807, 2.05) is 18.7 Å². The molecule has 2 unspecified atom stereocenters. The first kappa shape index (κ1) is 17.5. The molecule has 1 heterocycles. The number of piperazine rings is 1. The van der Waals surface area contributed by atoms with Crippen molar-refractivity contribution < 1.29 is 14.3 Å². The molecule has 1 aromatic rings. The Morgan fingerprint density at radius 2 is 1.91 bits per heavy atom. The molecule has 1 aromatic carbocycles. The number of carbonyl (C=O) groups excluding carboxylic acids is 2. The minimum absolute atomic E-state index is 0.00256. The van der Waals surface area contributed by atoms with E-state index in [-0.39, 0.29) is 36.6 Å². The Kier molecular flexibility index (Phi) is 6.16. The lowest BCUT2D eigenvalue weighted by Gasteiger charge is -2.38. The lowest BCUT2D eigenvalue weighted by Crippen LogP contribution is -2.57. The van der Waals surface area contributed by atoms with Gasteiger partial charge in [-0.3, -0.25) is 9.59 Å². The molecule has 1 aliphatic heterocycles. The van der Waals surface area contributed by atoms with Crippen LogP contribution in [0.1, 0.15) is 44.0 Å². The molecule has 0 aliphatic carbocycles. The second kappa shape index (κ2) is 8.11. The molecule has 0 saturated carbocycles. The summed E-state index contributed by atoms with van der Waals surface area (Å²) in [6.45, 7) is 8.16. The number of hydrogen-bond acceptors (Lipinski definition) is 4. The summed E-state index contributed by atoms with van der Waals surface area (Å²) >= 11 is 0. The summed E-state index contributed by atoms with van der Waals surface area (Å²) in [7, 11) is 0. The van der Waals surface area contributed by atoms with Crippen molar-refractivity contribution in [3.8, 4) is 5.75 Å². The Labute approximate surface area is 138 Å². The molecule has 1 N–H and O–H groups in total. The average Bonchev–Trinajstić information content (AvgIpc) is 2.56. The molecule has 0 radical (unpaired) electrons. The highest BCUT2D eigenvalue weighted by Gasteiger charge is 2.27. The number of benzene rings is 1. The fourth-order valence-electron chi connectivity index (χ4n) is 2.82. The number of nitrogens with one attached hydrogen (secondary N) is 1. The van der Waals surface area contributed by atoms with Crippen LogP contribution in [0, 0.1) is 0 Å². The maximum atomic E-state index is 12.4. The molecule has 0 aromatic heterocycles. The molecule has 126 valence electrons. The van der Waals surface area contributed by atoms with E-state index < -0.39 is 0 Å². The van der Waals surface area contributed by atoms with Crippen LogP contribution in [0.3, 0.4) is 0 Å². The number of ether oxygens (including phenoxy) is 1. The average molecular weight is 318 g/mol. The lowest BCUT2D eigenvalue weighted by molar-refractivity contribution is -0.134. The number of rotatable bonds is 6. The molecular formula is C18H26N2O3. The van der Waals surface area contributed by atoms with E-state index in [9.17, 15) is 9.59 Å². The summed E-state index contributed by atoms with van der Waals surface area (Å²) in [5.74, 6) is 0.811. The molecule has 1 amide bonds. The maximum Gasteiger partial charge on any atom is 0.223 e. The van der Waals surface area contributed by atoms with Gasteiger partial charge in [-0.15, -0.1) is 0 Å². The minimum Gasteiger partial charge on any atom is -0.494 e. The van der Waals surface area contributed by atoms with E-state index in [1.165, 1.54) is 0 Å². The molecule has 1 fully saturated rings. The van der Waals surface area contributed by atoms with Gasteiger partial charge in [0, 0.05) is 43.6 Å². The van der Waals surface area contributed by atoms with E-state index in [0.717, 1.165) is 12.3 Å². The van der Waals surface area contributed by atoms with Crippen LogP contribution in [-0.4, -0.2) is 48.4 Å². The zero-order chi connectivity index (χ0) is 16.8. The zero-order valence-corrected chi connectivity index (χ0v) is 14.2. The van der Waals surface area contributed by atoms with Gasteiger partial charge < -0.3 is 15.0 Å². The number of amides is 1. The smallest absolute Gasteiger partial charge is 0.223 e. The summed E-state index contributed by atoms with van der Waals surface area (Å²) < 4.78 is 5.36. The van der Waals surface area contributed by atoms with E-state index >= 15 is 0 Å². The predicted molar refractivity (Wildman–Crippen MR) is 89.8 cm³/mol. The van der Waals surface area contributed by atoms with E-state index in [1.54, 1.807) is 24.3 Å². The number of ketones is 1. The van der Waals surface area contributed by atoms with E-state index in [2.05, 4.69) is 12.2 Å². The SMILES string of the molecule is CCOc1ccc(C(=O)CCC(=O)N2CCNC(C)C2C)cc1. The first-order valence-corrected chi connectivity index (χ1v) is 8.31. The summed E-state index contributed by atoms with van der Waals surface area (Å²) in [4.78, 5) is 26.5. The van der Waals surface area contributed by atoms with Crippen LogP contribution >= 0.6 is 0 Å². The molecule has 0 bridgehead atoms. The van der Waals surface area contributed by atoms with Crippen molar-refractivity contribution in [1.29, 1.82) is 0 Å². The van der Waals surface area contributed by atoms with Crippen molar-refractivity contribution in [3.05, 3.63) is 29.8 Å². The molecule has 2 rings (SSSR count). The highest BCUT2D eigenvalue weighted by Crippen LogP contribution is 2.16. The van der Waals surface area contributed by atoms with Crippen LogP contribution in [0.2, 0.25) is 0 Å². The molecule has 23 heavy (non-hydrogen) atoms. The number of nitrogens with zero attached hydrogens (tertiary/aromatic N) is 1. The quantitative estimate of drug-likeness (QED) is 0.817. The van der Waals surface area contributed by atoms with Crippen molar-refractivity contribution in [2.24, 2.45) is 0 Å². The minimum atomic E-state index is -0.00256. The van der Waals surface area contributed by atoms with Gasteiger partial charge in [-0.05, 0) is 45.0 Å². The highest BCUT2D eigenvalue weighted by atomic mass is 16.5. The first-order chi connectivity index (χ1) is 11.0. The van der Waals surface area contributed by atoms with Crippen molar-refractivity contribution in [2.75, 3.05) is 19.7 Å². The second-order valence-electron chi connectivity index (χ2n) is 5.95. The van der Waals surface area contributed by atoms with Gasteiger partial charge in [0.25, 0.3) is 0 Å². The van der Waals surface area contributed by atoms with Gasteiger partial charge >= 0.3 is 0 Å². The van der Waals surface area contributed by atoms with Crippen molar-refractivity contribution in [1.82, 2.24) is 10.2 Å². The van der Waals surface area contributed by atoms with Crippen LogP contribution < -0.4 is 10.1 Å². The Morgan fingerprint density at radius 1 is 1.22 bits per heavy atom. The van der Waals surface area contributed by atoms with Crippen molar-refractivity contribution in [3.63, 3.8) is 0 Å². The maximum absolute atomic E-state index is 12.4. The Hall–Kier alpha value is -1.88. The van der Waals surface area contributed by atoms with Crippen molar-refractivity contribution >= 4 is 11.7 Å². The van der Waals surface area contributed by atoms with Gasteiger partial charge in [0.2, 0.25) is 5.91 Å². The Balaban J connectivity index is 1.87. The summed E-state index contributed by atoms with van der Waals surface area (Å²) in [6.07, 6.45) is 0.515. The summed E-state index contributed by atoms with van der Waals surface area (Å²) in [5.41, 5.74) is 0.628. The van der Waals surface area contributed by atoms with Crippen LogP contribution in [0.15, 0.2) is 24.3 Å². The third-order valence-corrected chi connectivity index (χ3v) is 4.41. The third kappa shape index (κ3) is 4.55. The van der Waals surface area contributed by atoms with Crippen molar-refractivity contribution in [2.45, 2.75) is 45.7 Å². The van der Waals surface area contributed by atoms with Crippen LogP contribution in [0.4, 0.5) is 0 Å². The Morgan fingerprint density at radius 3 is 2.57 bits per heavy atom. The highest BCUT2D eigenvalue weighted by molar-refractivity contribution is 5.98. The molecule has 5 nitrogen and oxygen atoms in total. The third-order valence-electron chi connectivity index (χ3n) is 4.41. The van der Waals surface area contributed by atoms with Gasteiger partial charge in [0.1, 0.15) is 5.75 Å². The van der Waals surface area contributed by atoms with Crippen LogP contribution in [-0.2, 0) is 4.79 Å². The monoisotopic (exact) mass is 318 g/mol. The van der Waals surface area contributed by atoms with E-state index in [0.29, 0.717) is 18.7 Å². The zero-order valence-electron chi connectivity index (χ0n) is 14.2. The molecule has 1 aliphatic rings. The molecular weight excluding hydrogens is 292 g/mol. The van der Waals surface area contributed by atoms with Gasteiger partial charge in [-0.2, -0.15) is 0 Å². The van der Waals surface area contributed by atoms with Gasteiger partial charge in [-0.25, -0.2) is 0 Å². The lowest BCUT2D eigenvalue weighted by atomic mass is 10.0. The van der Waals surface area contributed by atoms with Gasteiger partial charge in [0.15, 0.2) is 5.78 Å². The van der Waals surface area contributed by atoms with Gasteiger partial charge in [-0.1, -0.05) is 0 Å². The fraction of sp³-hybridized carbons (Fsp3) is 0.556. The molecule has 0 spiro atoms. The number of carbonyl (C=O) groups is 2. The topological polar surface area (TPSA) is 58.6 Å². The summed E-state index contributed by atoms with van der Waals surface area (Å²) in [5, 5.41) is 3.35. The van der Waals surface area contributed by atoms with Gasteiger partial charge in [0.05, 0.1) is 6.61 Å². The number of hydrogen-bond donors (Lipinski definition) is 1. The first-order valence-electron chi connectivity index (χ1n) is 8.31.